The number of aryl methyl sites for hydroxylation is 1. The Hall–Kier alpha value is -5.96. The molecule has 2 heteroatoms. The molecule has 0 fully saturated rings. The molecule has 1 aliphatic rings. The van der Waals surface area contributed by atoms with E-state index in [1.807, 2.05) is 11.3 Å². The fourth-order valence-electron chi connectivity index (χ4n) is 9.01. The zero-order valence-corrected chi connectivity index (χ0v) is 28.6. The van der Waals surface area contributed by atoms with Crippen LogP contribution in [0, 0.1) is 6.92 Å². The van der Waals surface area contributed by atoms with Crippen LogP contribution in [0.3, 0.4) is 0 Å². The van der Waals surface area contributed by atoms with Crippen molar-refractivity contribution in [2.75, 3.05) is 0 Å². The van der Waals surface area contributed by atoms with Gasteiger partial charge in [-0.2, -0.15) is 0 Å². The van der Waals surface area contributed by atoms with Crippen molar-refractivity contribution in [2.45, 2.75) is 13.8 Å². The van der Waals surface area contributed by atoms with Crippen molar-refractivity contribution in [3.8, 4) is 39.1 Å². The van der Waals surface area contributed by atoms with Crippen molar-refractivity contribution in [3.05, 3.63) is 157 Å². The van der Waals surface area contributed by atoms with Crippen LogP contribution in [0.4, 0.5) is 0 Å². The van der Waals surface area contributed by atoms with Crippen molar-refractivity contribution < 1.29 is 0 Å². The minimum atomic E-state index is 1.21. The standard InChI is InChI=1S/C48H31NS/c1-3-13-29-28(2)47-46(48-45(29)40-19-9-11-23-43(40)50-48)39-18-8-10-22-41(39)49(47)42-27-26-33(30-14-6-7-17-35(30)42)34-24-25-38-32-16-5-4-15-31(32)36-20-12-21-37(34)44(36)38/h3-27H,1-2H3/b13-3-. The second-order valence-electron chi connectivity index (χ2n) is 13.5. The molecular weight excluding hydrogens is 623 g/mol. The Morgan fingerprint density at radius 3 is 1.90 bits per heavy atom. The smallest absolute Gasteiger partial charge is 0.0591 e. The Bertz CT molecular complexity index is 3080. The molecule has 0 saturated carbocycles. The van der Waals surface area contributed by atoms with Crippen LogP contribution in [-0.4, -0.2) is 4.57 Å². The third-order valence-electron chi connectivity index (χ3n) is 11.0. The highest BCUT2D eigenvalue weighted by Gasteiger charge is 2.25. The third kappa shape index (κ3) is 3.56. The Morgan fingerprint density at radius 2 is 1.08 bits per heavy atom. The third-order valence-corrected chi connectivity index (χ3v) is 12.2. The molecule has 0 radical (unpaired) electrons. The quantitative estimate of drug-likeness (QED) is 0.179. The lowest BCUT2D eigenvalue weighted by molar-refractivity contribution is 1.18. The van der Waals surface area contributed by atoms with Gasteiger partial charge in [0.2, 0.25) is 0 Å². The van der Waals surface area contributed by atoms with E-state index in [-0.39, 0.29) is 0 Å². The van der Waals surface area contributed by atoms with Gasteiger partial charge in [0.1, 0.15) is 0 Å². The number of para-hydroxylation sites is 1. The van der Waals surface area contributed by atoms with E-state index in [1.165, 1.54) is 114 Å². The Labute approximate surface area is 294 Å². The number of aromatic nitrogens is 1. The predicted molar refractivity (Wildman–Crippen MR) is 218 cm³/mol. The number of thiophene rings is 1. The average molecular weight is 654 g/mol. The first-order chi connectivity index (χ1) is 24.7. The van der Waals surface area contributed by atoms with Gasteiger partial charge in [0.15, 0.2) is 0 Å². The fraction of sp³-hybridized carbons (Fsp3) is 0.0417. The van der Waals surface area contributed by atoms with Gasteiger partial charge in [-0.05, 0) is 92.7 Å². The molecule has 0 aliphatic heterocycles. The molecule has 0 bridgehead atoms. The van der Waals surface area contributed by atoms with E-state index in [9.17, 15) is 0 Å². The van der Waals surface area contributed by atoms with Gasteiger partial charge in [0.25, 0.3) is 0 Å². The Kier molecular flexibility index (Phi) is 5.74. The summed E-state index contributed by atoms with van der Waals surface area (Å²) in [6.45, 7) is 4.45. The SMILES string of the molecule is C/C=C\c1c(C)c2c(c3ccccc3n2-c2ccc(-c3ccc4c5c(cccc35)-c3ccccc3-4)c3ccccc23)c2sc3ccccc3c12. The summed E-state index contributed by atoms with van der Waals surface area (Å²) in [7, 11) is 0. The number of nitrogens with zero attached hydrogens (tertiary/aromatic N) is 1. The maximum atomic E-state index is 2.55. The van der Waals surface area contributed by atoms with Crippen molar-refractivity contribution in [1.82, 2.24) is 4.57 Å². The summed E-state index contributed by atoms with van der Waals surface area (Å²) in [5.74, 6) is 0. The summed E-state index contributed by atoms with van der Waals surface area (Å²) in [5, 5.41) is 10.5. The van der Waals surface area contributed by atoms with Gasteiger partial charge in [-0.25, -0.2) is 0 Å². The fourth-order valence-corrected chi connectivity index (χ4v) is 10.3. The van der Waals surface area contributed by atoms with Crippen molar-refractivity contribution >= 4 is 80.9 Å². The van der Waals surface area contributed by atoms with E-state index in [0.717, 1.165) is 0 Å². The monoisotopic (exact) mass is 653 g/mol. The second kappa shape index (κ2) is 10.3. The Balaban J connectivity index is 1.24. The summed E-state index contributed by atoms with van der Waals surface area (Å²) in [6.07, 6.45) is 4.50. The number of hydrogen-bond donors (Lipinski definition) is 0. The van der Waals surface area contributed by atoms with Gasteiger partial charge in [-0.1, -0.05) is 133 Å². The van der Waals surface area contributed by atoms with E-state index in [4.69, 9.17) is 0 Å². The van der Waals surface area contributed by atoms with Gasteiger partial charge < -0.3 is 4.57 Å². The lowest BCUT2D eigenvalue weighted by atomic mass is 9.91. The molecular formula is C48H31NS. The van der Waals surface area contributed by atoms with Crippen LogP contribution in [0.25, 0.3) is 109 Å². The second-order valence-corrected chi connectivity index (χ2v) is 14.6. The summed E-state index contributed by atoms with van der Waals surface area (Å²) >= 11 is 1.92. The van der Waals surface area contributed by atoms with Crippen LogP contribution in [-0.2, 0) is 0 Å². The number of rotatable bonds is 3. The first-order valence-corrected chi connectivity index (χ1v) is 18.2. The van der Waals surface area contributed by atoms with Gasteiger partial charge in [-0.15, -0.1) is 11.3 Å². The largest absolute Gasteiger partial charge is 0.308 e. The van der Waals surface area contributed by atoms with Crippen LogP contribution in [0.15, 0.2) is 146 Å². The molecule has 11 rings (SSSR count). The molecule has 0 unspecified atom stereocenters. The highest BCUT2D eigenvalue weighted by Crippen LogP contribution is 2.51. The van der Waals surface area contributed by atoms with Crippen molar-refractivity contribution in [2.24, 2.45) is 0 Å². The number of allylic oxidation sites excluding steroid dienone is 1. The topological polar surface area (TPSA) is 4.93 Å². The van der Waals surface area contributed by atoms with Crippen LogP contribution < -0.4 is 0 Å². The molecule has 1 aliphatic carbocycles. The van der Waals surface area contributed by atoms with Crippen molar-refractivity contribution in [3.63, 3.8) is 0 Å². The molecule has 1 nitrogen and oxygen atoms in total. The summed E-state index contributed by atoms with van der Waals surface area (Å²) in [4.78, 5) is 0. The van der Waals surface area contributed by atoms with E-state index in [1.54, 1.807) is 0 Å². The highest BCUT2D eigenvalue weighted by molar-refractivity contribution is 7.26. The molecule has 50 heavy (non-hydrogen) atoms. The number of hydrogen-bond acceptors (Lipinski definition) is 1. The highest BCUT2D eigenvalue weighted by atomic mass is 32.1. The van der Waals surface area contributed by atoms with Gasteiger partial charge in [0, 0.05) is 36.3 Å². The lowest BCUT2D eigenvalue weighted by Crippen LogP contribution is -1.99. The van der Waals surface area contributed by atoms with E-state index >= 15 is 0 Å². The zero-order valence-electron chi connectivity index (χ0n) is 27.8. The molecule has 0 atom stereocenters. The molecule has 234 valence electrons. The normalized spacial score (nSPS) is 12.5. The molecule has 8 aromatic carbocycles. The van der Waals surface area contributed by atoms with Crippen LogP contribution in [0.5, 0.6) is 0 Å². The molecule has 2 heterocycles. The maximum absolute atomic E-state index is 2.55. The first-order valence-electron chi connectivity index (χ1n) is 17.4. The van der Waals surface area contributed by atoms with Crippen molar-refractivity contribution in [1.29, 1.82) is 0 Å². The Morgan fingerprint density at radius 1 is 0.480 bits per heavy atom. The molecule has 10 aromatic rings. The first kappa shape index (κ1) is 27.9. The van der Waals surface area contributed by atoms with E-state index < -0.39 is 0 Å². The summed E-state index contributed by atoms with van der Waals surface area (Å²) in [6, 6.07) is 51.9. The van der Waals surface area contributed by atoms with Gasteiger partial charge in [0.05, 0.1) is 16.7 Å². The summed E-state index contributed by atoms with van der Waals surface area (Å²) in [5.41, 5.74) is 14.2. The number of fused-ring (bicyclic) bond motifs is 11. The van der Waals surface area contributed by atoms with E-state index in [2.05, 4.69) is 170 Å². The lowest BCUT2D eigenvalue weighted by Gasteiger charge is -2.18. The van der Waals surface area contributed by atoms with Crippen LogP contribution in [0.2, 0.25) is 0 Å². The van der Waals surface area contributed by atoms with Crippen LogP contribution in [0.1, 0.15) is 18.1 Å². The molecule has 2 aromatic heterocycles. The molecule has 0 spiro atoms. The van der Waals surface area contributed by atoms with Gasteiger partial charge >= 0.3 is 0 Å². The van der Waals surface area contributed by atoms with Gasteiger partial charge in [-0.3, -0.25) is 0 Å². The minimum absolute atomic E-state index is 1.21. The predicted octanol–water partition coefficient (Wildman–Crippen LogP) is 14.1. The summed E-state index contributed by atoms with van der Waals surface area (Å²) < 4.78 is 5.25. The number of benzene rings is 8. The average Bonchev–Trinajstić information content (AvgIpc) is 3.83. The van der Waals surface area contributed by atoms with Crippen LogP contribution >= 0.6 is 11.3 Å². The minimum Gasteiger partial charge on any atom is -0.308 e. The molecule has 0 saturated heterocycles. The van der Waals surface area contributed by atoms with E-state index in [0.29, 0.717) is 0 Å². The molecule has 0 amide bonds. The maximum Gasteiger partial charge on any atom is 0.0591 e. The molecule has 0 N–H and O–H groups in total. The zero-order chi connectivity index (χ0) is 33.1.